The quantitative estimate of drug-likeness (QED) is 0.408. The Hall–Kier alpha value is -0.160. The maximum Gasteiger partial charge on any atom is 0.111 e. The second-order valence-electron chi connectivity index (χ2n) is 3.28. The molecule has 0 amide bonds. The van der Waals surface area contributed by atoms with Crippen LogP contribution in [-0.2, 0) is 4.74 Å². The van der Waals surface area contributed by atoms with Gasteiger partial charge in [-0.3, -0.25) is 0 Å². The first kappa shape index (κ1) is 7.49. The molecule has 11 heavy (non-hydrogen) atoms. The zero-order chi connectivity index (χ0) is 8.01. The number of hydrogen-bond acceptors (Lipinski definition) is 4. The fraction of sp³-hybridized carbons (Fsp3) is 1.00. The number of ether oxygens (including phenoxy) is 1. The molecule has 5 atom stereocenters. The van der Waals surface area contributed by atoms with Gasteiger partial charge in [0.15, 0.2) is 0 Å². The number of epoxide rings is 1. The van der Waals surface area contributed by atoms with Crippen LogP contribution in [0.15, 0.2) is 0 Å². The molecule has 2 aliphatic rings. The predicted molar refractivity (Wildman–Crippen MR) is 35.9 cm³/mol. The highest BCUT2D eigenvalue weighted by atomic mass is 16.6. The topological polar surface area (TPSA) is 73.2 Å². The van der Waals surface area contributed by atoms with E-state index in [1.54, 1.807) is 0 Å². The van der Waals surface area contributed by atoms with Crippen LogP contribution in [-0.4, -0.2) is 46.3 Å². The Morgan fingerprint density at radius 3 is 2.55 bits per heavy atom. The molecule has 1 aliphatic heterocycles. The smallest absolute Gasteiger partial charge is 0.111 e. The molecule has 1 saturated heterocycles. The molecule has 0 unspecified atom stereocenters. The SMILES string of the molecule is OC[C@H]1[C@@H]2O[C@@H]2[C@@H](O)C[C@@H]1O. The zero-order valence-electron chi connectivity index (χ0n) is 6.05. The molecular formula is C7H12O4. The Kier molecular flexibility index (Phi) is 1.64. The summed E-state index contributed by atoms with van der Waals surface area (Å²) < 4.78 is 5.09. The van der Waals surface area contributed by atoms with E-state index < -0.39 is 12.2 Å². The summed E-state index contributed by atoms with van der Waals surface area (Å²) in [5.41, 5.74) is 0. The first-order chi connectivity index (χ1) is 5.24. The van der Waals surface area contributed by atoms with Gasteiger partial charge in [0.2, 0.25) is 0 Å². The van der Waals surface area contributed by atoms with Crippen LogP contribution in [0, 0.1) is 5.92 Å². The summed E-state index contributed by atoms with van der Waals surface area (Å²) in [6.45, 7) is -0.0605. The van der Waals surface area contributed by atoms with E-state index >= 15 is 0 Å². The number of fused-ring (bicyclic) bond motifs is 1. The number of hydrogen-bond donors (Lipinski definition) is 3. The summed E-state index contributed by atoms with van der Waals surface area (Å²) >= 11 is 0. The highest BCUT2D eigenvalue weighted by Crippen LogP contribution is 2.40. The maximum absolute atomic E-state index is 9.34. The third-order valence-corrected chi connectivity index (χ3v) is 2.55. The zero-order valence-corrected chi connectivity index (χ0v) is 6.05. The van der Waals surface area contributed by atoms with Crippen molar-refractivity contribution in [2.24, 2.45) is 5.92 Å². The number of rotatable bonds is 1. The van der Waals surface area contributed by atoms with Crippen LogP contribution in [0.5, 0.6) is 0 Å². The predicted octanol–water partition coefficient (Wildman–Crippen LogP) is -1.51. The largest absolute Gasteiger partial charge is 0.396 e. The fourth-order valence-corrected chi connectivity index (χ4v) is 1.79. The summed E-state index contributed by atoms with van der Waals surface area (Å²) in [5, 5.41) is 27.4. The maximum atomic E-state index is 9.34. The molecule has 4 nitrogen and oxygen atoms in total. The Morgan fingerprint density at radius 1 is 1.18 bits per heavy atom. The average Bonchev–Trinajstić information content (AvgIpc) is 2.67. The van der Waals surface area contributed by atoms with Crippen LogP contribution in [0.1, 0.15) is 6.42 Å². The van der Waals surface area contributed by atoms with E-state index in [4.69, 9.17) is 9.84 Å². The van der Waals surface area contributed by atoms with E-state index in [1.165, 1.54) is 0 Å². The van der Waals surface area contributed by atoms with Crippen molar-refractivity contribution in [3.63, 3.8) is 0 Å². The molecule has 4 heteroatoms. The second-order valence-corrected chi connectivity index (χ2v) is 3.28. The number of aliphatic hydroxyl groups is 3. The van der Waals surface area contributed by atoms with Crippen LogP contribution in [0.25, 0.3) is 0 Å². The van der Waals surface area contributed by atoms with Crippen molar-refractivity contribution in [2.45, 2.75) is 30.8 Å². The molecule has 0 aromatic rings. The third-order valence-electron chi connectivity index (χ3n) is 2.55. The Balaban J connectivity index is 2.03. The van der Waals surface area contributed by atoms with Gasteiger partial charge in [-0.15, -0.1) is 0 Å². The molecule has 0 bridgehead atoms. The third kappa shape index (κ3) is 1.06. The van der Waals surface area contributed by atoms with Gasteiger partial charge in [-0.1, -0.05) is 0 Å². The minimum Gasteiger partial charge on any atom is -0.396 e. The fourth-order valence-electron chi connectivity index (χ4n) is 1.79. The average molecular weight is 160 g/mol. The lowest BCUT2D eigenvalue weighted by Gasteiger charge is -2.25. The van der Waals surface area contributed by atoms with E-state index in [1.807, 2.05) is 0 Å². The van der Waals surface area contributed by atoms with E-state index in [-0.39, 0.29) is 24.7 Å². The van der Waals surface area contributed by atoms with Crippen LogP contribution in [0.2, 0.25) is 0 Å². The van der Waals surface area contributed by atoms with Crippen LogP contribution >= 0.6 is 0 Å². The molecule has 0 spiro atoms. The van der Waals surface area contributed by atoms with Gasteiger partial charge in [0.1, 0.15) is 6.10 Å². The molecule has 2 rings (SSSR count). The molecule has 1 saturated carbocycles. The van der Waals surface area contributed by atoms with Gasteiger partial charge in [0, 0.05) is 12.3 Å². The molecule has 3 N–H and O–H groups in total. The van der Waals surface area contributed by atoms with Gasteiger partial charge < -0.3 is 20.1 Å². The van der Waals surface area contributed by atoms with Gasteiger partial charge in [-0.25, -0.2) is 0 Å². The van der Waals surface area contributed by atoms with Gasteiger partial charge in [-0.05, 0) is 0 Å². The summed E-state index contributed by atoms with van der Waals surface area (Å²) in [6.07, 6.45) is -1.07. The van der Waals surface area contributed by atoms with Crippen molar-refractivity contribution in [3.05, 3.63) is 0 Å². The summed E-state index contributed by atoms with van der Waals surface area (Å²) in [6, 6.07) is 0. The molecule has 0 aromatic carbocycles. The minimum atomic E-state index is -0.612. The van der Waals surface area contributed by atoms with Crippen molar-refractivity contribution in [1.82, 2.24) is 0 Å². The van der Waals surface area contributed by atoms with E-state index in [0.717, 1.165) is 0 Å². The monoisotopic (exact) mass is 160 g/mol. The Morgan fingerprint density at radius 2 is 1.91 bits per heavy atom. The van der Waals surface area contributed by atoms with Gasteiger partial charge >= 0.3 is 0 Å². The van der Waals surface area contributed by atoms with E-state index in [0.29, 0.717) is 6.42 Å². The molecule has 1 aliphatic carbocycles. The second kappa shape index (κ2) is 2.42. The highest BCUT2D eigenvalue weighted by Gasteiger charge is 2.55. The molecule has 1 heterocycles. The normalized spacial score (nSPS) is 55.4. The van der Waals surface area contributed by atoms with Gasteiger partial charge in [-0.2, -0.15) is 0 Å². The van der Waals surface area contributed by atoms with Crippen molar-refractivity contribution < 1.29 is 20.1 Å². The lowest BCUT2D eigenvalue weighted by molar-refractivity contribution is 0.000292. The van der Waals surface area contributed by atoms with Gasteiger partial charge in [0.05, 0.1) is 24.9 Å². The molecule has 2 fully saturated rings. The van der Waals surface area contributed by atoms with Crippen LogP contribution in [0.4, 0.5) is 0 Å². The molecule has 0 aromatic heterocycles. The van der Waals surface area contributed by atoms with E-state index in [9.17, 15) is 10.2 Å². The van der Waals surface area contributed by atoms with Crippen molar-refractivity contribution in [1.29, 1.82) is 0 Å². The Labute approximate surface area is 64.4 Å². The Bertz CT molecular complexity index is 159. The van der Waals surface area contributed by atoms with Crippen LogP contribution in [0.3, 0.4) is 0 Å². The molecule has 0 radical (unpaired) electrons. The first-order valence-corrected chi connectivity index (χ1v) is 3.86. The summed E-state index contributed by atoms with van der Waals surface area (Å²) in [4.78, 5) is 0. The molecular weight excluding hydrogens is 148 g/mol. The summed E-state index contributed by atoms with van der Waals surface area (Å²) in [7, 11) is 0. The minimum absolute atomic E-state index is 0.0605. The van der Waals surface area contributed by atoms with Crippen molar-refractivity contribution in [3.8, 4) is 0 Å². The van der Waals surface area contributed by atoms with Crippen molar-refractivity contribution >= 4 is 0 Å². The standard InChI is InChI=1S/C7H12O4/c8-2-3-4(9)1-5(10)7-6(3)11-7/h3-10H,1-2H2/t3-,4+,5+,6+,7-/m1/s1. The lowest BCUT2D eigenvalue weighted by atomic mass is 9.85. The van der Waals surface area contributed by atoms with Crippen molar-refractivity contribution in [2.75, 3.05) is 6.61 Å². The first-order valence-electron chi connectivity index (χ1n) is 3.86. The van der Waals surface area contributed by atoms with Crippen LogP contribution < -0.4 is 0 Å². The van der Waals surface area contributed by atoms with E-state index in [2.05, 4.69) is 0 Å². The highest BCUT2D eigenvalue weighted by molar-refractivity contribution is 5.02. The van der Waals surface area contributed by atoms with Gasteiger partial charge in [0.25, 0.3) is 0 Å². The number of aliphatic hydroxyl groups excluding tert-OH is 3. The molecule has 64 valence electrons. The summed E-state index contributed by atoms with van der Waals surface area (Å²) in [5.74, 6) is -0.191. The lowest BCUT2D eigenvalue weighted by Crippen LogP contribution is -2.40.